The largest absolute Gasteiger partial charge is 0.573 e. The number of nitrogens with one attached hydrogen (secondary N) is 1. The normalized spacial score (nSPS) is 12.2. The molecule has 1 heterocycles. The van der Waals surface area contributed by atoms with Gasteiger partial charge in [-0.05, 0) is 43.3 Å². The van der Waals surface area contributed by atoms with Crippen molar-refractivity contribution in [2.75, 3.05) is 5.32 Å². The number of amides is 1. The van der Waals surface area contributed by atoms with E-state index in [9.17, 15) is 31.5 Å². The third kappa shape index (κ3) is 6.77. The summed E-state index contributed by atoms with van der Waals surface area (Å²) in [6.45, 7) is 1.30. The molecule has 3 aromatic rings. The molecule has 0 fully saturated rings. The van der Waals surface area contributed by atoms with Crippen LogP contribution in [-0.2, 0) is 20.7 Å². The lowest BCUT2D eigenvalue weighted by molar-refractivity contribution is -0.274. The molecule has 12 heteroatoms. The van der Waals surface area contributed by atoms with Crippen molar-refractivity contribution in [3.63, 3.8) is 0 Å². The Hall–Kier alpha value is -3.96. The van der Waals surface area contributed by atoms with Gasteiger partial charge in [-0.1, -0.05) is 6.07 Å². The first-order valence-electron chi connectivity index (χ1n) is 9.77. The number of nitrogens with zero attached hydrogens (tertiary/aromatic N) is 1. The van der Waals surface area contributed by atoms with Gasteiger partial charge in [0.05, 0.1) is 18.2 Å². The Balaban J connectivity index is 1.48. The van der Waals surface area contributed by atoms with Gasteiger partial charge in [0.1, 0.15) is 17.4 Å². The van der Waals surface area contributed by atoms with Crippen molar-refractivity contribution in [2.24, 2.45) is 0 Å². The minimum absolute atomic E-state index is 0.0351. The van der Waals surface area contributed by atoms with Crippen LogP contribution in [0.4, 0.5) is 27.6 Å². The van der Waals surface area contributed by atoms with Gasteiger partial charge in [0, 0.05) is 12.1 Å². The van der Waals surface area contributed by atoms with Crippen molar-refractivity contribution >= 4 is 17.6 Å². The van der Waals surface area contributed by atoms with Gasteiger partial charge in [-0.25, -0.2) is 13.8 Å². The lowest BCUT2D eigenvalue weighted by Crippen LogP contribution is -2.30. The molecule has 180 valence electrons. The van der Waals surface area contributed by atoms with Crippen LogP contribution in [0, 0.1) is 11.6 Å². The van der Waals surface area contributed by atoms with Crippen LogP contribution >= 0.6 is 0 Å². The lowest BCUT2D eigenvalue weighted by Gasteiger charge is -2.14. The van der Waals surface area contributed by atoms with Crippen LogP contribution in [-0.4, -0.2) is 29.3 Å². The summed E-state index contributed by atoms with van der Waals surface area (Å²) in [5.74, 6) is -3.71. The van der Waals surface area contributed by atoms with Crippen LogP contribution in [0.1, 0.15) is 19.2 Å². The number of hydrogen-bond donors (Lipinski definition) is 1. The summed E-state index contributed by atoms with van der Waals surface area (Å²) in [6, 6.07) is 7.73. The number of carbonyl (C=O) groups is 2. The van der Waals surface area contributed by atoms with E-state index in [1.165, 1.54) is 25.1 Å². The molecular formula is C22H17F5N2O5. The first kappa shape index (κ1) is 24.7. The van der Waals surface area contributed by atoms with Crippen LogP contribution < -0.4 is 10.1 Å². The van der Waals surface area contributed by atoms with Gasteiger partial charge in [0.15, 0.2) is 17.8 Å². The smallest absolute Gasteiger partial charge is 0.453 e. The fourth-order valence-electron chi connectivity index (χ4n) is 2.78. The van der Waals surface area contributed by atoms with Gasteiger partial charge in [0.2, 0.25) is 0 Å². The highest BCUT2D eigenvalue weighted by molar-refractivity contribution is 5.95. The number of oxazole rings is 1. The number of benzene rings is 2. The van der Waals surface area contributed by atoms with E-state index in [0.29, 0.717) is 0 Å². The summed E-state index contributed by atoms with van der Waals surface area (Å²) in [5.41, 5.74) is -0.220. The highest BCUT2D eigenvalue weighted by Gasteiger charge is 2.31. The molecule has 0 saturated carbocycles. The molecule has 7 nitrogen and oxygen atoms in total. The van der Waals surface area contributed by atoms with E-state index in [2.05, 4.69) is 15.0 Å². The standard InChI is InChI=1S/C22H17F5N2O5/c1-12(21(31)29-13-5-7-14(8-6-13)34-22(25,26)27)32-19(30)10-9-18-28-11-17(33-18)20-15(23)3-2-4-16(20)24/h2-8,11-12H,9-10H2,1H3,(H,29,31). The summed E-state index contributed by atoms with van der Waals surface area (Å²) >= 11 is 0. The third-order valence-corrected chi connectivity index (χ3v) is 4.34. The molecule has 1 aromatic heterocycles. The predicted molar refractivity (Wildman–Crippen MR) is 107 cm³/mol. The van der Waals surface area contributed by atoms with Gasteiger partial charge in [-0.2, -0.15) is 0 Å². The molecule has 0 aliphatic rings. The van der Waals surface area contributed by atoms with E-state index < -0.39 is 41.7 Å². The summed E-state index contributed by atoms with van der Waals surface area (Å²) in [7, 11) is 0. The van der Waals surface area contributed by atoms with Crippen LogP contribution in [0.3, 0.4) is 0 Å². The van der Waals surface area contributed by atoms with E-state index >= 15 is 0 Å². The Morgan fingerprint density at radius 3 is 2.35 bits per heavy atom. The Morgan fingerprint density at radius 2 is 1.74 bits per heavy atom. The number of esters is 1. The highest BCUT2D eigenvalue weighted by atomic mass is 19.4. The van der Waals surface area contributed by atoms with Crippen LogP contribution in [0.15, 0.2) is 53.1 Å². The summed E-state index contributed by atoms with van der Waals surface area (Å²) in [6.07, 6.45) is -5.21. The molecule has 1 unspecified atom stereocenters. The Bertz CT molecular complexity index is 1140. The average Bonchev–Trinajstić information content (AvgIpc) is 3.21. The quantitative estimate of drug-likeness (QED) is 0.357. The molecule has 0 radical (unpaired) electrons. The van der Waals surface area contributed by atoms with E-state index in [1.807, 2.05) is 0 Å². The number of halogens is 5. The highest BCUT2D eigenvalue weighted by Crippen LogP contribution is 2.27. The molecule has 34 heavy (non-hydrogen) atoms. The molecule has 3 rings (SSSR count). The average molecular weight is 484 g/mol. The number of hydrogen-bond acceptors (Lipinski definition) is 6. The number of aromatic nitrogens is 1. The van der Waals surface area contributed by atoms with Gasteiger partial charge in [-0.15, -0.1) is 13.2 Å². The van der Waals surface area contributed by atoms with Gasteiger partial charge in [0.25, 0.3) is 5.91 Å². The zero-order valence-electron chi connectivity index (χ0n) is 17.5. The van der Waals surface area contributed by atoms with Crippen molar-refractivity contribution in [2.45, 2.75) is 32.2 Å². The maximum atomic E-state index is 13.8. The van der Waals surface area contributed by atoms with Crippen LogP contribution in [0.2, 0.25) is 0 Å². The molecule has 1 atom stereocenters. The molecule has 1 N–H and O–H groups in total. The zero-order valence-corrected chi connectivity index (χ0v) is 17.5. The van der Waals surface area contributed by atoms with Gasteiger partial charge < -0.3 is 19.2 Å². The SMILES string of the molecule is CC(OC(=O)CCc1ncc(-c2c(F)cccc2F)o1)C(=O)Nc1ccc(OC(F)(F)F)cc1. The molecular weight excluding hydrogens is 467 g/mol. The summed E-state index contributed by atoms with van der Waals surface area (Å²) in [5, 5.41) is 2.39. The first-order valence-corrected chi connectivity index (χ1v) is 9.77. The van der Waals surface area contributed by atoms with Crippen molar-refractivity contribution in [3.05, 3.63) is 66.2 Å². The number of rotatable bonds is 8. The minimum Gasteiger partial charge on any atom is -0.453 e. The van der Waals surface area contributed by atoms with Crippen LogP contribution in [0.5, 0.6) is 5.75 Å². The molecule has 1 amide bonds. The van der Waals surface area contributed by atoms with Crippen molar-refractivity contribution in [3.8, 4) is 17.1 Å². The molecule has 0 aliphatic heterocycles. The number of anilines is 1. The van der Waals surface area contributed by atoms with Gasteiger partial charge in [-0.3, -0.25) is 9.59 Å². The summed E-state index contributed by atoms with van der Waals surface area (Å²) < 4.78 is 78.2. The molecule has 0 spiro atoms. The second-order valence-corrected chi connectivity index (χ2v) is 6.91. The summed E-state index contributed by atoms with van der Waals surface area (Å²) in [4.78, 5) is 28.1. The second-order valence-electron chi connectivity index (χ2n) is 6.91. The number of carbonyl (C=O) groups excluding carboxylic acids is 2. The first-order chi connectivity index (χ1) is 16.0. The number of alkyl halides is 3. The minimum atomic E-state index is -4.84. The maximum Gasteiger partial charge on any atom is 0.573 e. The van der Waals surface area contributed by atoms with E-state index in [-0.39, 0.29) is 35.7 Å². The Kier molecular flexibility index (Phi) is 7.49. The molecule has 0 aliphatic carbocycles. The zero-order chi connectivity index (χ0) is 24.9. The Labute approximate surface area is 189 Å². The predicted octanol–water partition coefficient (Wildman–Crippen LogP) is 5.02. The second kappa shape index (κ2) is 10.3. The maximum absolute atomic E-state index is 13.8. The van der Waals surface area contributed by atoms with E-state index in [4.69, 9.17) is 9.15 Å². The van der Waals surface area contributed by atoms with E-state index in [1.54, 1.807) is 0 Å². The topological polar surface area (TPSA) is 90.7 Å². The van der Waals surface area contributed by atoms with Crippen molar-refractivity contribution < 1.29 is 45.4 Å². The fourth-order valence-corrected chi connectivity index (χ4v) is 2.78. The molecule has 2 aromatic carbocycles. The number of aryl methyl sites for hydroxylation is 1. The monoisotopic (exact) mass is 484 g/mol. The molecule has 0 saturated heterocycles. The molecule has 0 bridgehead atoms. The fraction of sp³-hybridized carbons (Fsp3) is 0.227. The number of ether oxygens (including phenoxy) is 2. The van der Waals surface area contributed by atoms with Crippen LogP contribution in [0.25, 0.3) is 11.3 Å². The van der Waals surface area contributed by atoms with E-state index in [0.717, 1.165) is 30.5 Å². The lowest BCUT2D eigenvalue weighted by atomic mass is 10.1. The van der Waals surface area contributed by atoms with Gasteiger partial charge >= 0.3 is 12.3 Å². The van der Waals surface area contributed by atoms with Crippen molar-refractivity contribution in [1.82, 2.24) is 4.98 Å². The van der Waals surface area contributed by atoms with Crippen molar-refractivity contribution in [1.29, 1.82) is 0 Å². The third-order valence-electron chi connectivity index (χ3n) is 4.34. The Morgan fingerprint density at radius 1 is 1.09 bits per heavy atom.